The van der Waals surface area contributed by atoms with Gasteiger partial charge >= 0.3 is 0 Å². The highest BCUT2D eigenvalue weighted by Crippen LogP contribution is 2.19. The number of hydrogen-bond acceptors (Lipinski definition) is 2. The van der Waals surface area contributed by atoms with Gasteiger partial charge in [0.1, 0.15) is 0 Å². The van der Waals surface area contributed by atoms with Crippen LogP contribution < -0.4 is 10.7 Å². The average molecular weight is 289 g/mol. The van der Waals surface area contributed by atoms with Crippen LogP contribution in [0.5, 0.6) is 0 Å². The van der Waals surface area contributed by atoms with Crippen LogP contribution in [-0.4, -0.2) is 10.6 Å². The summed E-state index contributed by atoms with van der Waals surface area (Å²) in [6.07, 6.45) is 4.37. The second-order valence-electron chi connectivity index (χ2n) is 5.31. The molecule has 3 nitrogen and oxygen atoms in total. The highest BCUT2D eigenvalue weighted by atomic mass is 35.5. The number of rotatable bonds is 4. The molecule has 1 aliphatic rings. The Bertz CT molecular complexity index is 672. The highest BCUT2D eigenvalue weighted by Gasteiger charge is 2.20. The monoisotopic (exact) mass is 288 g/mol. The number of nitrogens with zero attached hydrogens (tertiary/aromatic N) is 1. The van der Waals surface area contributed by atoms with Crippen molar-refractivity contribution < 1.29 is 0 Å². The van der Waals surface area contributed by atoms with E-state index in [1.807, 2.05) is 42.0 Å². The van der Waals surface area contributed by atoms with E-state index >= 15 is 0 Å². The molecule has 1 aliphatic carbocycles. The van der Waals surface area contributed by atoms with Crippen LogP contribution in [-0.2, 0) is 6.54 Å². The smallest absolute Gasteiger partial charge is 0.186 e. The molecule has 1 N–H and O–H groups in total. The Morgan fingerprint density at radius 3 is 2.65 bits per heavy atom. The molecule has 1 heterocycles. The molecule has 1 fully saturated rings. The second kappa shape index (κ2) is 5.43. The lowest BCUT2D eigenvalue weighted by atomic mass is 10.2. The zero-order chi connectivity index (χ0) is 14.1. The van der Waals surface area contributed by atoms with Crippen molar-refractivity contribution in [3.63, 3.8) is 0 Å². The third-order valence-electron chi connectivity index (χ3n) is 3.58. The number of pyridine rings is 1. The second-order valence-corrected chi connectivity index (χ2v) is 5.74. The number of halogens is 1. The standard InChI is InChI=1S/C16H17ClN2O/c1-11-8-16(20)12(9-18-14-4-5-14)10-19(11)15-6-2-13(17)3-7-15/h2-3,6-8,10,14,18H,4-5,9H2,1H3. The van der Waals surface area contributed by atoms with E-state index in [4.69, 9.17) is 11.6 Å². The quantitative estimate of drug-likeness (QED) is 0.938. The van der Waals surface area contributed by atoms with Crippen molar-refractivity contribution in [2.45, 2.75) is 32.4 Å². The summed E-state index contributed by atoms with van der Waals surface area (Å²) in [5.74, 6) is 0. The van der Waals surface area contributed by atoms with Crippen molar-refractivity contribution in [3.8, 4) is 5.69 Å². The van der Waals surface area contributed by atoms with Gasteiger partial charge in [-0.1, -0.05) is 11.6 Å². The van der Waals surface area contributed by atoms with E-state index < -0.39 is 0 Å². The Morgan fingerprint density at radius 1 is 1.30 bits per heavy atom. The molecular formula is C16H17ClN2O. The summed E-state index contributed by atoms with van der Waals surface area (Å²) in [5, 5.41) is 4.10. The van der Waals surface area contributed by atoms with Crippen LogP contribution in [0.3, 0.4) is 0 Å². The molecule has 0 unspecified atom stereocenters. The molecule has 1 aromatic carbocycles. The van der Waals surface area contributed by atoms with E-state index in [-0.39, 0.29) is 5.43 Å². The molecule has 0 atom stereocenters. The van der Waals surface area contributed by atoms with Crippen LogP contribution in [0, 0.1) is 6.92 Å². The fraction of sp³-hybridized carbons (Fsp3) is 0.312. The average Bonchev–Trinajstić information content (AvgIpc) is 3.23. The Morgan fingerprint density at radius 2 is 2.00 bits per heavy atom. The van der Waals surface area contributed by atoms with Crippen LogP contribution in [0.1, 0.15) is 24.1 Å². The largest absolute Gasteiger partial charge is 0.321 e. The lowest BCUT2D eigenvalue weighted by Gasteiger charge is -2.13. The molecule has 3 rings (SSSR count). The van der Waals surface area contributed by atoms with Crippen molar-refractivity contribution >= 4 is 11.6 Å². The van der Waals surface area contributed by atoms with Gasteiger partial charge in [0, 0.05) is 46.8 Å². The summed E-state index contributed by atoms with van der Waals surface area (Å²) >= 11 is 5.92. The maximum Gasteiger partial charge on any atom is 0.186 e. The van der Waals surface area contributed by atoms with Gasteiger partial charge in [0.2, 0.25) is 0 Å². The summed E-state index contributed by atoms with van der Waals surface area (Å²) < 4.78 is 2.03. The van der Waals surface area contributed by atoms with Gasteiger partial charge in [-0.05, 0) is 44.0 Å². The van der Waals surface area contributed by atoms with E-state index in [9.17, 15) is 4.79 Å². The van der Waals surface area contributed by atoms with Crippen LogP contribution >= 0.6 is 11.6 Å². The van der Waals surface area contributed by atoms with Crippen molar-refractivity contribution in [2.75, 3.05) is 0 Å². The summed E-state index contributed by atoms with van der Waals surface area (Å²) in [4.78, 5) is 12.0. The summed E-state index contributed by atoms with van der Waals surface area (Å²) in [6.45, 7) is 2.57. The molecule has 0 spiro atoms. The third-order valence-corrected chi connectivity index (χ3v) is 3.84. The normalized spacial score (nSPS) is 14.5. The SMILES string of the molecule is Cc1cc(=O)c(CNC2CC2)cn1-c1ccc(Cl)cc1. The Kier molecular flexibility index (Phi) is 3.64. The molecule has 0 bridgehead atoms. The van der Waals surface area contributed by atoms with Crippen LogP contribution in [0.2, 0.25) is 5.02 Å². The molecule has 4 heteroatoms. The molecule has 0 aliphatic heterocycles. The lowest BCUT2D eigenvalue weighted by Crippen LogP contribution is -2.22. The first-order chi connectivity index (χ1) is 9.63. The Labute approximate surface area is 123 Å². The summed E-state index contributed by atoms with van der Waals surface area (Å²) in [6, 6.07) is 9.92. The fourth-order valence-electron chi connectivity index (χ4n) is 2.23. The predicted molar refractivity (Wildman–Crippen MR) is 81.6 cm³/mol. The van der Waals surface area contributed by atoms with E-state index in [0.717, 1.165) is 16.9 Å². The van der Waals surface area contributed by atoms with Crippen molar-refractivity contribution in [2.24, 2.45) is 0 Å². The molecule has 2 aromatic rings. The minimum atomic E-state index is 0.0980. The summed E-state index contributed by atoms with van der Waals surface area (Å²) in [7, 11) is 0. The first-order valence-corrected chi connectivity index (χ1v) is 7.23. The van der Waals surface area contributed by atoms with Gasteiger partial charge in [-0.25, -0.2) is 0 Å². The van der Waals surface area contributed by atoms with Gasteiger partial charge in [0.25, 0.3) is 0 Å². The van der Waals surface area contributed by atoms with Gasteiger partial charge in [-0.3, -0.25) is 4.79 Å². The summed E-state index contributed by atoms with van der Waals surface area (Å²) in [5.41, 5.74) is 2.84. The number of hydrogen-bond donors (Lipinski definition) is 1. The van der Waals surface area contributed by atoms with E-state index in [0.29, 0.717) is 17.6 Å². The van der Waals surface area contributed by atoms with Crippen molar-refractivity contribution in [3.05, 3.63) is 63.0 Å². The first-order valence-electron chi connectivity index (χ1n) is 6.85. The van der Waals surface area contributed by atoms with Crippen molar-refractivity contribution in [1.82, 2.24) is 9.88 Å². The van der Waals surface area contributed by atoms with E-state index in [1.165, 1.54) is 12.8 Å². The molecule has 1 saturated carbocycles. The molecule has 1 aromatic heterocycles. The van der Waals surface area contributed by atoms with E-state index in [2.05, 4.69) is 5.32 Å². The van der Waals surface area contributed by atoms with Gasteiger partial charge < -0.3 is 9.88 Å². The number of aryl methyl sites for hydroxylation is 1. The van der Waals surface area contributed by atoms with Crippen molar-refractivity contribution in [1.29, 1.82) is 0 Å². The van der Waals surface area contributed by atoms with Gasteiger partial charge in [-0.2, -0.15) is 0 Å². The van der Waals surface area contributed by atoms with Gasteiger partial charge in [-0.15, -0.1) is 0 Å². The maximum absolute atomic E-state index is 12.0. The lowest BCUT2D eigenvalue weighted by molar-refractivity contribution is 0.679. The molecule has 104 valence electrons. The zero-order valence-corrected chi connectivity index (χ0v) is 12.2. The van der Waals surface area contributed by atoms with E-state index in [1.54, 1.807) is 6.07 Å². The third kappa shape index (κ3) is 2.94. The minimum Gasteiger partial charge on any atom is -0.321 e. The zero-order valence-electron chi connectivity index (χ0n) is 11.4. The fourth-order valence-corrected chi connectivity index (χ4v) is 2.35. The van der Waals surface area contributed by atoms with Crippen LogP contribution in [0.15, 0.2) is 41.3 Å². The van der Waals surface area contributed by atoms with Crippen LogP contribution in [0.25, 0.3) is 5.69 Å². The predicted octanol–water partition coefficient (Wildman–Crippen LogP) is 3.05. The highest BCUT2D eigenvalue weighted by molar-refractivity contribution is 6.30. The Balaban J connectivity index is 1.94. The molecule has 0 radical (unpaired) electrons. The maximum atomic E-state index is 12.0. The molecular weight excluding hydrogens is 272 g/mol. The number of aromatic nitrogens is 1. The van der Waals surface area contributed by atoms with Gasteiger partial charge in [0.05, 0.1) is 0 Å². The minimum absolute atomic E-state index is 0.0980. The Hall–Kier alpha value is -1.58. The molecule has 0 amide bonds. The topological polar surface area (TPSA) is 34.0 Å². The first kappa shape index (κ1) is 13.4. The number of nitrogens with one attached hydrogen (secondary N) is 1. The molecule has 0 saturated heterocycles. The number of benzene rings is 1. The van der Waals surface area contributed by atoms with Crippen LogP contribution in [0.4, 0.5) is 0 Å². The molecule has 20 heavy (non-hydrogen) atoms. The van der Waals surface area contributed by atoms with Gasteiger partial charge in [0.15, 0.2) is 5.43 Å².